The van der Waals surface area contributed by atoms with Crippen LogP contribution in [-0.2, 0) is 15.9 Å². The van der Waals surface area contributed by atoms with Crippen molar-refractivity contribution >= 4 is 17.3 Å². The Labute approximate surface area is 279 Å². The summed E-state index contributed by atoms with van der Waals surface area (Å²) in [5, 5.41) is 0. The van der Waals surface area contributed by atoms with E-state index >= 15 is 0 Å². The lowest BCUT2D eigenvalue weighted by atomic mass is 10.0. The van der Waals surface area contributed by atoms with Crippen LogP contribution in [0.15, 0.2) is 97.1 Å². The van der Waals surface area contributed by atoms with Gasteiger partial charge in [0.15, 0.2) is 17.3 Å². The Balaban J connectivity index is 0.000000338. The fraction of sp³-hybridized carbons (Fsp3) is 0.308. The van der Waals surface area contributed by atoms with Crippen LogP contribution < -0.4 is 14.2 Å². The summed E-state index contributed by atoms with van der Waals surface area (Å²) >= 11 is 0. The van der Waals surface area contributed by atoms with Gasteiger partial charge >= 0.3 is 0 Å². The van der Waals surface area contributed by atoms with E-state index in [4.69, 9.17) is 23.7 Å². The minimum absolute atomic E-state index is 0.0765. The smallest absolute Gasteiger partial charge is 0.159 e. The van der Waals surface area contributed by atoms with Crippen molar-refractivity contribution in [3.8, 4) is 17.2 Å². The van der Waals surface area contributed by atoms with Gasteiger partial charge in [-0.3, -0.25) is 14.4 Å². The number of carbonyl (C=O) groups is 3. The van der Waals surface area contributed by atoms with Gasteiger partial charge in [0.2, 0.25) is 0 Å². The van der Waals surface area contributed by atoms with E-state index in [9.17, 15) is 14.4 Å². The SMILES string of the molecule is CC(=O)c1ccc(Cc2ccc(C(C)=O)cc2)cc1.COCC(C)OC.COc1ccc(C(C)=O)cc1.COc1ccc(OC)cc1. The first kappa shape index (κ1) is 40.2. The molecule has 0 heterocycles. The average Bonchev–Trinajstić information content (AvgIpc) is 3.09. The van der Waals surface area contributed by atoms with Crippen LogP contribution >= 0.6 is 0 Å². The Hall–Kier alpha value is -4.79. The number of hydrogen-bond donors (Lipinski definition) is 0. The second kappa shape index (κ2) is 22.7. The zero-order valence-corrected chi connectivity index (χ0v) is 29.0. The molecule has 0 bridgehead atoms. The molecule has 0 aliphatic rings. The number of ether oxygens (including phenoxy) is 5. The predicted molar refractivity (Wildman–Crippen MR) is 187 cm³/mol. The Morgan fingerprint density at radius 1 is 0.489 bits per heavy atom. The van der Waals surface area contributed by atoms with E-state index in [1.807, 2.05) is 79.7 Å². The maximum atomic E-state index is 11.2. The molecule has 8 heteroatoms. The van der Waals surface area contributed by atoms with E-state index in [0.717, 1.165) is 45.9 Å². The van der Waals surface area contributed by atoms with E-state index in [2.05, 4.69) is 0 Å². The molecule has 4 aromatic carbocycles. The van der Waals surface area contributed by atoms with Gasteiger partial charge in [-0.2, -0.15) is 0 Å². The molecular weight excluding hydrogens is 596 g/mol. The largest absolute Gasteiger partial charge is 0.497 e. The van der Waals surface area contributed by atoms with E-state index < -0.39 is 0 Å². The van der Waals surface area contributed by atoms with Crippen LogP contribution in [0.2, 0.25) is 0 Å². The van der Waals surface area contributed by atoms with Crippen molar-refractivity contribution in [1.82, 2.24) is 0 Å². The molecule has 0 radical (unpaired) electrons. The van der Waals surface area contributed by atoms with Gasteiger partial charge in [-0.1, -0.05) is 48.5 Å². The number of benzene rings is 4. The molecule has 0 aliphatic heterocycles. The highest BCUT2D eigenvalue weighted by Gasteiger charge is 2.02. The zero-order chi connectivity index (χ0) is 35.2. The third kappa shape index (κ3) is 16.4. The molecule has 252 valence electrons. The van der Waals surface area contributed by atoms with E-state index in [0.29, 0.717) is 12.2 Å². The van der Waals surface area contributed by atoms with Crippen LogP contribution in [0.3, 0.4) is 0 Å². The molecule has 4 aromatic rings. The van der Waals surface area contributed by atoms with Crippen LogP contribution in [0.4, 0.5) is 0 Å². The van der Waals surface area contributed by atoms with Gasteiger partial charge in [-0.15, -0.1) is 0 Å². The molecule has 1 unspecified atom stereocenters. The Bertz CT molecular complexity index is 1380. The number of ketones is 3. The van der Waals surface area contributed by atoms with Gasteiger partial charge in [-0.25, -0.2) is 0 Å². The number of Topliss-reactive ketones (excluding diaryl/α,β-unsaturated/α-hetero) is 3. The highest BCUT2D eigenvalue weighted by Crippen LogP contribution is 2.16. The quantitative estimate of drug-likeness (QED) is 0.152. The van der Waals surface area contributed by atoms with Gasteiger partial charge in [-0.05, 0) is 93.8 Å². The molecule has 0 aliphatic carbocycles. The topological polar surface area (TPSA) is 97.4 Å². The van der Waals surface area contributed by atoms with Crippen molar-refractivity contribution in [3.63, 3.8) is 0 Å². The van der Waals surface area contributed by atoms with Gasteiger partial charge in [0.25, 0.3) is 0 Å². The maximum Gasteiger partial charge on any atom is 0.159 e. The van der Waals surface area contributed by atoms with Crippen molar-refractivity contribution in [2.75, 3.05) is 42.2 Å². The minimum atomic E-state index is 0.0765. The first-order chi connectivity index (χ1) is 22.5. The van der Waals surface area contributed by atoms with E-state index in [1.165, 1.54) is 0 Å². The minimum Gasteiger partial charge on any atom is -0.497 e. The zero-order valence-electron chi connectivity index (χ0n) is 29.0. The maximum absolute atomic E-state index is 11.2. The molecule has 8 nitrogen and oxygen atoms in total. The second-order valence-corrected chi connectivity index (χ2v) is 10.3. The number of hydrogen-bond acceptors (Lipinski definition) is 8. The molecule has 0 aromatic heterocycles. The molecule has 0 fully saturated rings. The number of rotatable bonds is 11. The average molecular weight is 645 g/mol. The summed E-state index contributed by atoms with van der Waals surface area (Å²) in [6.07, 6.45) is 1.03. The Kier molecular flexibility index (Phi) is 19.4. The second-order valence-electron chi connectivity index (χ2n) is 10.3. The standard InChI is InChI=1S/C17H16O2.C9H10O2.C8H10O2.C5H12O2/c1-12(18)16-7-3-14(4-8-16)11-15-5-9-17(10-6-15)13(2)19;1-7(10)8-3-5-9(11-2)6-4-8;1-9-7-3-5-8(10-2)6-4-7;1-5(7-3)4-6-2/h3-10H,11H2,1-2H3;3-6H,1-2H3;3-6H,1-2H3;5H,4H2,1-3H3. The molecule has 1 atom stereocenters. The van der Waals surface area contributed by atoms with Crippen molar-refractivity contribution in [2.45, 2.75) is 40.2 Å². The Morgan fingerprint density at radius 2 is 0.766 bits per heavy atom. The van der Waals surface area contributed by atoms with Gasteiger partial charge < -0.3 is 23.7 Å². The summed E-state index contributed by atoms with van der Waals surface area (Å²) in [4.78, 5) is 33.2. The lowest BCUT2D eigenvalue weighted by Crippen LogP contribution is -2.11. The van der Waals surface area contributed by atoms with Crippen molar-refractivity contribution in [3.05, 3.63) is 125 Å². The predicted octanol–water partition coefficient (Wildman–Crippen LogP) is 7.95. The van der Waals surface area contributed by atoms with E-state index in [-0.39, 0.29) is 23.5 Å². The van der Waals surface area contributed by atoms with E-state index in [1.54, 1.807) is 80.6 Å². The fourth-order valence-corrected chi connectivity index (χ4v) is 3.79. The normalized spacial score (nSPS) is 10.3. The van der Waals surface area contributed by atoms with Crippen molar-refractivity contribution < 1.29 is 38.1 Å². The lowest BCUT2D eigenvalue weighted by molar-refractivity contribution is 0.0401. The van der Waals surface area contributed by atoms with Crippen LogP contribution in [0.25, 0.3) is 0 Å². The molecule has 0 spiro atoms. The molecule has 47 heavy (non-hydrogen) atoms. The van der Waals surface area contributed by atoms with Gasteiger partial charge in [0.05, 0.1) is 34.0 Å². The van der Waals surface area contributed by atoms with Crippen LogP contribution in [-0.4, -0.2) is 65.6 Å². The summed E-state index contributed by atoms with van der Waals surface area (Å²) in [5.41, 5.74) is 4.48. The van der Waals surface area contributed by atoms with Crippen LogP contribution in [0.1, 0.15) is 69.9 Å². The molecule has 0 amide bonds. The molecule has 0 saturated carbocycles. The van der Waals surface area contributed by atoms with Crippen molar-refractivity contribution in [2.24, 2.45) is 0 Å². The van der Waals surface area contributed by atoms with Crippen molar-refractivity contribution in [1.29, 1.82) is 0 Å². The summed E-state index contributed by atoms with van der Waals surface area (Å²) in [6.45, 7) is 7.31. The Morgan fingerprint density at radius 3 is 0.979 bits per heavy atom. The molecule has 4 rings (SSSR count). The summed E-state index contributed by atoms with van der Waals surface area (Å²) in [7, 11) is 8.21. The van der Waals surface area contributed by atoms with Gasteiger partial charge in [0, 0.05) is 30.9 Å². The number of methoxy groups -OCH3 is 5. The third-order valence-corrected chi connectivity index (χ3v) is 6.72. The highest BCUT2D eigenvalue weighted by atomic mass is 16.5. The lowest BCUT2D eigenvalue weighted by Gasteiger charge is -2.05. The fourth-order valence-electron chi connectivity index (χ4n) is 3.79. The van der Waals surface area contributed by atoms with Crippen LogP contribution in [0.5, 0.6) is 17.2 Å². The van der Waals surface area contributed by atoms with Gasteiger partial charge in [0.1, 0.15) is 17.2 Å². The first-order valence-corrected chi connectivity index (χ1v) is 15.0. The molecule has 0 saturated heterocycles. The first-order valence-electron chi connectivity index (χ1n) is 15.0. The van der Waals surface area contributed by atoms with Crippen LogP contribution in [0, 0.1) is 0 Å². The summed E-state index contributed by atoms with van der Waals surface area (Å²) < 4.78 is 24.5. The summed E-state index contributed by atoms with van der Waals surface area (Å²) in [6, 6.07) is 29.8. The highest BCUT2D eigenvalue weighted by molar-refractivity contribution is 5.95. The number of carbonyl (C=O) groups excluding carboxylic acids is 3. The molecule has 0 N–H and O–H groups in total. The molecular formula is C39H48O8. The monoisotopic (exact) mass is 644 g/mol. The third-order valence-electron chi connectivity index (χ3n) is 6.72. The summed E-state index contributed by atoms with van der Waals surface area (Å²) in [5.74, 6) is 2.71.